The molecular weight excluding hydrogens is 462 g/mol. The minimum atomic E-state index is -4.52. The SMILES string of the molecule is COC(Cc1ccccc1)C(=O)OCCC(CC(C)=O)CC(=O)Nc1ccccc1S(=O)(=O)O. The number of anilines is 1. The van der Waals surface area contributed by atoms with Gasteiger partial charge in [0, 0.05) is 26.4 Å². The molecule has 2 rings (SSSR count). The number of amides is 1. The topological polar surface area (TPSA) is 136 Å². The summed E-state index contributed by atoms with van der Waals surface area (Å²) in [5, 5.41) is 2.46. The summed E-state index contributed by atoms with van der Waals surface area (Å²) in [4.78, 5) is 36.2. The number of rotatable bonds is 13. The highest BCUT2D eigenvalue weighted by molar-refractivity contribution is 7.86. The number of hydrogen-bond donors (Lipinski definition) is 2. The van der Waals surface area contributed by atoms with Crippen LogP contribution in [0.25, 0.3) is 0 Å². The van der Waals surface area contributed by atoms with Gasteiger partial charge < -0.3 is 19.6 Å². The highest BCUT2D eigenvalue weighted by Crippen LogP contribution is 2.22. The molecular formula is C24H29NO8S. The van der Waals surface area contributed by atoms with Crippen molar-refractivity contribution in [2.24, 2.45) is 5.92 Å². The van der Waals surface area contributed by atoms with E-state index in [2.05, 4.69) is 5.32 Å². The monoisotopic (exact) mass is 491 g/mol. The molecule has 0 aliphatic carbocycles. The van der Waals surface area contributed by atoms with Gasteiger partial charge in [0.25, 0.3) is 10.1 Å². The van der Waals surface area contributed by atoms with Crippen molar-refractivity contribution in [2.45, 2.75) is 43.6 Å². The Kier molecular flexibility index (Phi) is 10.4. The summed E-state index contributed by atoms with van der Waals surface area (Å²) in [6, 6.07) is 14.8. The minimum absolute atomic E-state index is 0.0136. The molecule has 184 valence electrons. The second-order valence-electron chi connectivity index (χ2n) is 7.87. The van der Waals surface area contributed by atoms with Crippen LogP contribution < -0.4 is 5.32 Å². The Labute approximate surface area is 199 Å². The number of carbonyl (C=O) groups excluding carboxylic acids is 3. The predicted molar refractivity (Wildman–Crippen MR) is 125 cm³/mol. The lowest BCUT2D eigenvalue weighted by molar-refractivity contribution is -0.155. The van der Waals surface area contributed by atoms with Crippen molar-refractivity contribution in [3.8, 4) is 0 Å². The van der Waals surface area contributed by atoms with Crippen molar-refractivity contribution in [1.82, 2.24) is 0 Å². The van der Waals surface area contributed by atoms with Gasteiger partial charge in [0.2, 0.25) is 5.91 Å². The number of hydrogen-bond acceptors (Lipinski definition) is 7. The molecule has 0 aromatic heterocycles. The van der Waals surface area contributed by atoms with Crippen molar-refractivity contribution in [1.29, 1.82) is 0 Å². The van der Waals surface area contributed by atoms with E-state index in [0.29, 0.717) is 6.42 Å². The standard InChI is InChI=1S/C24H29NO8S/c1-17(26)14-19(16-23(27)25-20-10-6-7-11-22(20)34(29,30)31)12-13-33-24(28)21(32-2)15-18-8-4-3-5-9-18/h3-11,19,21H,12-16H2,1-2H3,(H,25,27)(H,29,30,31). The first-order valence-electron chi connectivity index (χ1n) is 10.7. The molecule has 2 aromatic carbocycles. The van der Waals surface area contributed by atoms with E-state index in [1.165, 1.54) is 38.3 Å². The van der Waals surface area contributed by atoms with Crippen LogP contribution in [0.15, 0.2) is 59.5 Å². The zero-order valence-electron chi connectivity index (χ0n) is 19.1. The fourth-order valence-electron chi connectivity index (χ4n) is 3.45. The molecule has 0 saturated carbocycles. The average Bonchev–Trinajstić information content (AvgIpc) is 2.77. The van der Waals surface area contributed by atoms with Crippen LogP contribution in [0.4, 0.5) is 5.69 Å². The Morgan fingerprint density at radius 3 is 2.26 bits per heavy atom. The van der Waals surface area contributed by atoms with E-state index in [1.54, 1.807) is 0 Å². The Morgan fingerprint density at radius 1 is 1.00 bits per heavy atom. The molecule has 0 spiro atoms. The summed E-state index contributed by atoms with van der Waals surface area (Å²) in [6.45, 7) is 1.38. The van der Waals surface area contributed by atoms with E-state index in [4.69, 9.17) is 9.47 Å². The molecule has 2 atom stereocenters. The first-order valence-corrected chi connectivity index (χ1v) is 12.1. The average molecular weight is 492 g/mol. The molecule has 0 radical (unpaired) electrons. The van der Waals surface area contributed by atoms with Gasteiger partial charge in [-0.1, -0.05) is 42.5 Å². The number of ketones is 1. The van der Waals surface area contributed by atoms with Crippen LogP contribution in [0.3, 0.4) is 0 Å². The maximum atomic E-state index is 12.5. The smallest absolute Gasteiger partial charge is 0.335 e. The van der Waals surface area contributed by atoms with Crippen LogP contribution in [-0.2, 0) is 40.4 Å². The molecule has 9 nitrogen and oxygen atoms in total. The van der Waals surface area contributed by atoms with E-state index < -0.39 is 38.9 Å². The summed E-state index contributed by atoms with van der Waals surface area (Å²) >= 11 is 0. The Morgan fingerprint density at radius 2 is 1.65 bits per heavy atom. The molecule has 0 saturated heterocycles. The van der Waals surface area contributed by atoms with Crippen LogP contribution in [0.1, 0.15) is 31.7 Å². The quantitative estimate of drug-likeness (QED) is 0.322. The first kappa shape index (κ1) is 27.2. The lowest BCUT2D eigenvalue weighted by Gasteiger charge is -2.18. The molecule has 2 unspecified atom stereocenters. The van der Waals surface area contributed by atoms with Gasteiger partial charge in [-0.2, -0.15) is 8.42 Å². The molecule has 34 heavy (non-hydrogen) atoms. The molecule has 1 amide bonds. The van der Waals surface area contributed by atoms with Crippen LogP contribution in [0.2, 0.25) is 0 Å². The third-order valence-electron chi connectivity index (χ3n) is 5.07. The first-order chi connectivity index (χ1) is 16.1. The van der Waals surface area contributed by atoms with Crippen LogP contribution >= 0.6 is 0 Å². The fraction of sp³-hybridized carbons (Fsp3) is 0.375. The van der Waals surface area contributed by atoms with E-state index >= 15 is 0 Å². The third-order valence-corrected chi connectivity index (χ3v) is 5.98. The molecule has 2 N–H and O–H groups in total. The molecule has 0 aliphatic rings. The van der Waals surface area contributed by atoms with Gasteiger partial charge >= 0.3 is 5.97 Å². The Balaban J connectivity index is 1.94. The van der Waals surface area contributed by atoms with Gasteiger partial charge in [0.05, 0.1) is 12.3 Å². The number of methoxy groups -OCH3 is 1. The number of nitrogens with one attached hydrogen (secondary N) is 1. The van der Waals surface area contributed by atoms with E-state index in [0.717, 1.165) is 5.56 Å². The lowest BCUT2D eigenvalue weighted by atomic mass is 9.95. The second-order valence-corrected chi connectivity index (χ2v) is 9.26. The van der Waals surface area contributed by atoms with Crippen molar-refractivity contribution >= 4 is 33.5 Å². The van der Waals surface area contributed by atoms with Gasteiger partial charge in [0.15, 0.2) is 6.10 Å². The number of ether oxygens (including phenoxy) is 2. The Hall–Kier alpha value is -3.08. The van der Waals surface area contributed by atoms with Crippen molar-refractivity contribution in [3.05, 3.63) is 60.2 Å². The fourth-order valence-corrected chi connectivity index (χ4v) is 4.10. The van der Waals surface area contributed by atoms with E-state index in [1.807, 2.05) is 30.3 Å². The summed E-state index contributed by atoms with van der Waals surface area (Å²) < 4.78 is 42.9. The molecule has 2 aromatic rings. The van der Waals surface area contributed by atoms with Gasteiger partial charge in [-0.25, -0.2) is 4.79 Å². The normalized spacial score (nSPS) is 13.0. The molecule has 0 bridgehead atoms. The second kappa shape index (κ2) is 13.0. The molecule has 0 fully saturated rings. The predicted octanol–water partition coefficient (Wildman–Crippen LogP) is 3.05. The zero-order chi connectivity index (χ0) is 25.1. The highest BCUT2D eigenvalue weighted by Gasteiger charge is 2.23. The number of Topliss-reactive ketones (excluding diaryl/α,β-unsaturated/α-hetero) is 1. The van der Waals surface area contributed by atoms with E-state index in [9.17, 15) is 27.4 Å². The minimum Gasteiger partial charge on any atom is -0.464 e. The van der Waals surface area contributed by atoms with Gasteiger partial charge in [-0.15, -0.1) is 0 Å². The van der Waals surface area contributed by atoms with Gasteiger partial charge in [-0.05, 0) is 37.0 Å². The van der Waals surface area contributed by atoms with Crippen LogP contribution in [-0.4, -0.2) is 50.5 Å². The Bertz CT molecular complexity index is 1090. The van der Waals surface area contributed by atoms with Gasteiger partial charge in [-0.3, -0.25) is 9.35 Å². The summed E-state index contributed by atoms with van der Waals surface area (Å²) in [6.07, 6.45) is -0.200. The number of esters is 1. The summed E-state index contributed by atoms with van der Waals surface area (Å²) in [5.74, 6) is -1.65. The molecule has 10 heteroatoms. The van der Waals surface area contributed by atoms with Crippen molar-refractivity contribution in [3.63, 3.8) is 0 Å². The molecule has 0 aliphatic heterocycles. The summed E-state index contributed by atoms with van der Waals surface area (Å²) in [7, 11) is -3.10. The van der Waals surface area contributed by atoms with Crippen molar-refractivity contribution < 1.29 is 36.8 Å². The van der Waals surface area contributed by atoms with Crippen LogP contribution in [0, 0.1) is 5.92 Å². The largest absolute Gasteiger partial charge is 0.464 e. The zero-order valence-corrected chi connectivity index (χ0v) is 19.9. The highest BCUT2D eigenvalue weighted by atomic mass is 32.2. The van der Waals surface area contributed by atoms with Gasteiger partial charge in [0.1, 0.15) is 10.7 Å². The lowest BCUT2D eigenvalue weighted by Crippen LogP contribution is -2.28. The molecule has 0 heterocycles. The van der Waals surface area contributed by atoms with E-state index in [-0.39, 0.29) is 37.3 Å². The number of carbonyl (C=O) groups is 3. The number of para-hydroxylation sites is 1. The maximum Gasteiger partial charge on any atom is 0.335 e. The maximum absolute atomic E-state index is 12.5. The third kappa shape index (κ3) is 9.05. The van der Waals surface area contributed by atoms with Crippen LogP contribution in [0.5, 0.6) is 0 Å². The summed E-state index contributed by atoms with van der Waals surface area (Å²) in [5.41, 5.74) is 0.856. The van der Waals surface area contributed by atoms with Crippen molar-refractivity contribution in [2.75, 3.05) is 19.0 Å². The number of benzene rings is 2.